The molecule has 2 rings (SSSR count). The van der Waals surface area contributed by atoms with E-state index in [1.54, 1.807) is 6.07 Å². The van der Waals surface area contributed by atoms with Crippen molar-refractivity contribution in [2.45, 2.75) is 46.0 Å². The van der Waals surface area contributed by atoms with Gasteiger partial charge in [-0.3, -0.25) is 0 Å². The quantitative estimate of drug-likeness (QED) is 0.678. The van der Waals surface area contributed by atoms with Crippen LogP contribution in [0.3, 0.4) is 0 Å². The lowest BCUT2D eigenvalue weighted by atomic mass is 9.84. The smallest absolute Gasteiger partial charge is 0.126 e. The van der Waals surface area contributed by atoms with Crippen molar-refractivity contribution in [3.8, 4) is 0 Å². The molecule has 0 aliphatic heterocycles. The molecule has 1 aliphatic rings. The van der Waals surface area contributed by atoms with Gasteiger partial charge in [0.05, 0.1) is 0 Å². The minimum Gasteiger partial charge on any atom is -0.207 e. The van der Waals surface area contributed by atoms with E-state index in [0.29, 0.717) is 0 Å². The first-order valence-corrected chi connectivity index (χ1v) is 6.66. The van der Waals surface area contributed by atoms with Crippen LogP contribution >= 0.6 is 0 Å². The van der Waals surface area contributed by atoms with Crippen LogP contribution in [-0.2, 0) is 0 Å². The molecule has 0 radical (unpaired) electrons. The summed E-state index contributed by atoms with van der Waals surface area (Å²) in [7, 11) is 0. The van der Waals surface area contributed by atoms with Gasteiger partial charge in [0.1, 0.15) is 5.82 Å². The summed E-state index contributed by atoms with van der Waals surface area (Å²) in [5, 5.41) is 0. The molecule has 1 atom stereocenters. The maximum atomic E-state index is 13.5. The lowest BCUT2D eigenvalue weighted by Gasteiger charge is -2.21. The van der Waals surface area contributed by atoms with E-state index < -0.39 is 0 Å². The van der Waals surface area contributed by atoms with Crippen LogP contribution in [0.5, 0.6) is 0 Å². The Morgan fingerprint density at radius 2 is 2.18 bits per heavy atom. The van der Waals surface area contributed by atoms with Crippen LogP contribution in [0.25, 0.3) is 5.57 Å². The second-order valence-electron chi connectivity index (χ2n) is 5.12. The predicted octanol–water partition coefficient (Wildman–Crippen LogP) is 5.12. The molecule has 17 heavy (non-hydrogen) atoms. The molecule has 1 aromatic rings. The summed E-state index contributed by atoms with van der Waals surface area (Å²) in [5.74, 6) is 0.762. The third-order valence-electron chi connectivity index (χ3n) is 3.76. The van der Waals surface area contributed by atoms with E-state index >= 15 is 0 Å². The van der Waals surface area contributed by atoms with Crippen LogP contribution in [0.2, 0.25) is 0 Å². The molecule has 1 aromatic carbocycles. The molecule has 0 spiro atoms. The largest absolute Gasteiger partial charge is 0.207 e. The number of hydrogen-bond acceptors (Lipinski definition) is 0. The van der Waals surface area contributed by atoms with Crippen molar-refractivity contribution in [3.63, 3.8) is 0 Å². The lowest BCUT2D eigenvalue weighted by Crippen LogP contribution is -2.05. The first kappa shape index (κ1) is 12.3. The maximum absolute atomic E-state index is 13.5. The maximum Gasteiger partial charge on any atom is 0.126 e. The van der Waals surface area contributed by atoms with E-state index in [-0.39, 0.29) is 5.82 Å². The topological polar surface area (TPSA) is 0 Å². The van der Waals surface area contributed by atoms with Gasteiger partial charge in [0.25, 0.3) is 0 Å². The van der Waals surface area contributed by atoms with Crippen molar-refractivity contribution >= 4 is 5.57 Å². The van der Waals surface area contributed by atoms with Crippen LogP contribution in [-0.4, -0.2) is 0 Å². The van der Waals surface area contributed by atoms with Gasteiger partial charge in [-0.15, -0.1) is 0 Å². The van der Waals surface area contributed by atoms with Crippen molar-refractivity contribution in [1.82, 2.24) is 0 Å². The first-order valence-electron chi connectivity index (χ1n) is 6.66. The zero-order chi connectivity index (χ0) is 12.3. The first-order chi connectivity index (χ1) is 8.20. The Kier molecular flexibility index (Phi) is 3.98. The third kappa shape index (κ3) is 2.96. The fraction of sp³-hybridized carbons (Fsp3) is 0.500. The fourth-order valence-electron chi connectivity index (χ4n) is 2.61. The molecule has 1 heteroatoms. The van der Waals surface area contributed by atoms with Crippen molar-refractivity contribution < 1.29 is 4.39 Å². The average Bonchev–Trinajstić information content (AvgIpc) is 2.34. The van der Waals surface area contributed by atoms with Crippen LogP contribution in [0.1, 0.15) is 50.2 Å². The van der Waals surface area contributed by atoms with Crippen LogP contribution in [0.15, 0.2) is 24.3 Å². The molecule has 0 saturated carbocycles. The normalized spacial score (nSPS) is 20.2. The molecule has 0 saturated heterocycles. The average molecular weight is 232 g/mol. The summed E-state index contributed by atoms with van der Waals surface area (Å²) in [4.78, 5) is 0. The van der Waals surface area contributed by atoms with Gasteiger partial charge in [-0.1, -0.05) is 38.0 Å². The number of hydrogen-bond donors (Lipinski definition) is 0. The summed E-state index contributed by atoms with van der Waals surface area (Å²) in [6, 6.07) is 5.61. The van der Waals surface area contributed by atoms with Crippen molar-refractivity contribution in [2.75, 3.05) is 0 Å². The number of allylic oxidation sites excluding steroid dienone is 2. The van der Waals surface area contributed by atoms with Gasteiger partial charge < -0.3 is 0 Å². The number of benzene rings is 1. The van der Waals surface area contributed by atoms with E-state index in [1.807, 2.05) is 19.1 Å². The Bertz CT molecular complexity index is 418. The minimum absolute atomic E-state index is 0.0842. The Balaban J connectivity index is 2.11. The Hall–Kier alpha value is -1.11. The molecule has 0 nitrogen and oxygen atoms in total. The van der Waals surface area contributed by atoms with Crippen LogP contribution in [0.4, 0.5) is 4.39 Å². The zero-order valence-electron chi connectivity index (χ0n) is 10.8. The molecular formula is C16H21F. The zero-order valence-corrected chi connectivity index (χ0v) is 10.8. The molecule has 0 aromatic heterocycles. The molecule has 1 unspecified atom stereocenters. The summed E-state index contributed by atoms with van der Waals surface area (Å²) in [6.45, 7) is 4.06. The SMILES string of the molecule is CCCC1CC=C(c2ccc(C)c(F)c2)CC1. The van der Waals surface area contributed by atoms with Crippen LogP contribution in [0, 0.1) is 18.7 Å². The molecule has 0 heterocycles. The van der Waals surface area contributed by atoms with Gasteiger partial charge in [-0.25, -0.2) is 4.39 Å². The van der Waals surface area contributed by atoms with E-state index in [9.17, 15) is 4.39 Å². The van der Waals surface area contributed by atoms with Crippen molar-refractivity contribution in [3.05, 3.63) is 41.2 Å². The van der Waals surface area contributed by atoms with Gasteiger partial charge in [0.2, 0.25) is 0 Å². The summed E-state index contributed by atoms with van der Waals surface area (Å²) in [5.41, 5.74) is 3.13. The van der Waals surface area contributed by atoms with Gasteiger partial charge in [-0.2, -0.15) is 0 Å². The molecule has 0 fully saturated rings. The van der Waals surface area contributed by atoms with Gasteiger partial charge in [-0.05, 0) is 54.9 Å². The van der Waals surface area contributed by atoms with E-state index in [2.05, 4.69) is 13.0 Å². The highest BCUT2D eigenvalue weighted by Gasteiger charge is 2.15. The Morgan fingerprint density at radius 1 is 1.35 bits per heavy atom. The number of aryl methyl sites for hydroxylation is 1. The van der Waals surface area contributed by atoms with E-state index in [0.717, 1.165) is 23.5 Å². The van der Waals surface area contributed by atoms with Gasteiger partial charge >= 0.3 is 0 Å². The van der Waals surface area contributed by atoms with Crippen molar-refractivity contribution in [2.24, 2.45) is 5.92 Å². The Labute approximate surface area is 104 Å². The van der Waals surface area contributed by atoms with E-state index in [4.69, 9.17) is 0 Å². The monoisotopic (exact) mass is 232 g/mol. The van der Waals surface area contributed by atoms with E-state index in [1.165, 1.54) is 31.3 Å². The highest BCUT2D eigenvalue weighted by atomic mass is 19.1. The highest BCUT2D eigenvalue weighted by molar-refractivity contribution is 5.66. The molecule has 1 aliphatic carbocycles. The summed E-state index contributed by atoms with van der Waals surface area (Å²) >= 11 is 0. The summed E-state index contributed by atoms with van der Waals surface area (Å²) < 4.78 is 13.5. The minimum atomic E-state index is -0.0842. The molecule has 92 valence electrons. The number of halogens is 1. The highest BCUT2D eigenvalue weighted by Crippen LogP contribution is 2.32. The van der Waals surface area contributed by atoms with Crippen molar-refractivity contribution in [1.29, 1.82) is 0 Å². The second-order valence-corrected chi connectivity index (χ2v) is 5.12. The molecule has 0 bridgehead atoms. The summed E-state index contributed by atoms with van der Waals surface area (Å²) in [6.07, 6.45) is 8.44. The second kappa shape index (κ2) is 5.48. The Morgan fingerprint density at radius 3 is 2.76 bits per heavy atom. The molecule has 0 N–H and O–H groups in total. The molecule has 0 amide bonds. The number of rotatable bonds is 3. The lowest BCUT2D eigenvalue weighted by molar-refractivity contribution is 0.445. The standard InChI is InChI=1S/C16H21F/c1-3-4-13-6-9-14(10-7-13)15-8-5-12(2)16(17)11-15/h5,8-9,11,13H,3-4,6-7,10H2,1-2H3. The molecular weight excluding hydrogens is 211 g/mol. The van der Waals surface area contributed by atoms with Gasteiger partial charge in [0, 0.05) is 0 Å². The fourth-order valence-corrected chi connectivity index (χ4v) is 2.61. The van der Waals surface area contributed by atoms with Gasteiger partial charge in [0.15, 0.2) is 0 Å². The third-order valence-corrected chi connectivity index (χ3v) is 3.76. The predicted molar refractivity (Wildman–Crippen MR) is 71.4 cm³/mol. The van der Waals surface area contributed by atoms with Crippen LogP contribution < -0.4 is 0 Å².